The van der Waals surface area contributed by atoms with E-state index in [0.29, 0.717) is 0 Å². The summed E-state index contributed by atoms with van der Waals surface area (Å²) in [6.45, 7) is 1.55. The molecule has 0 radical (unpaired) electrons. The van der Waals surface area contributed by atoms with Gasteiger partial charge in [-0.1, -0.05) is 163 Å². The normalized spacial score (nSPS) is 16.8. The molecule has 0 amide bonds. The van der Waals surface area contributed by atoms with Gasteiger partial charge in [0.2, 0.25) is 0 Å². The fraction of sp³-hybridized carbons (Fsp3) is 0.407. The minimum atomic E-state index is 0.774. The number of rotatable bonds is 2. The van der Waals surface area contributed by atoms with Crippen molar-refractivity contribution in [3.05, 3.63) is 121 Å². The van der Waals surface area contributed by atoms with Crippen LogP contribution in [0.4, 0.5) is 0 Å². The maximum atomic E-state index is 6.75. The molecule has 2 aromatic heterocycles. The summed E-state index contributed by atoms with van der Waals surface area (Å²) in [5, 5.41) is 4.79. The van der Waals surface area contributed by atoms with Crippen LogP contribution < -0.4 is 9.47 Å². The van der Waals surface area contributed by atoms with Gasteiger partial charge in [0.1, 0.15) is 34.2 Å². The summed E-state index contributed by atoms with van der Waals surface area (Å²) in [5.41, 5.74) is 6.80. The number of fused-ring (bicyclic) bond motifs is 22. The average molecular weight is 775 g/mol. The van der Waals surface area contributed by atoms with Crippen molar-refractivity contribution in [1.29, 1.82) is 0 Å². The molecule has 0 aliphatic carbocycles. The van der Waals surface area contributed by atoms with Crippen LogP contribution in [0, 0.1) is 0 Å². The molecule has 4 nitrogen and oxygen atoms in total. The summed E-state index contributed by atoms with van der Waals surface area (Å²) >= 11 is 0. The van der Waals surface area contributed by atoms with Crippen LogP contribution in [-0.2, 0) is 12.8 Å². The molecule has 4 heteroatoms. The third-order valence-electron chi connectivity index (χ3n) is 12.2. The molecule has 0 atom stereocenters. The Labute approximate surface area is 345 Å². The molecule has 9 rings (SSSR count). The van der Waals surface area contributed by atoms with Gasteiger partial charge in [-0.3, -0.25) is 0 Å². The first-order valence-corrected chi connectivity index (χ1v) is 22.7. The molecule has 4 heterocycles. The fourth-order valence-corrected chi connectivity index (χ4v) is 9.00. The second kappa shape index (κ2) is 20.6. The summed E-state index contributed by atoms with van der Waals surface area (Å²) in [6.07, 6.45) is 24.2. The van der Waals surface area contributed by atoms with Gasteiger partial charge in [-0.2, -0.15) is 0 Å². The predicted molar refractivity (Wildman–Crippen MR) is 242 cm³/mol. The lowest BCUT2D eigenvalue weighted by Gasteiger charge is -2.10. The Morgan fingerprint density at radius 3 is 1.16 bits per heavy atom. The Morgan fingerprint density at radius 2 is 0.724 bits per heavy atom. The van der Waals surface area contributed by atoms with Crippen LogP contribution in [0.15, 0.2) is 118 Å². The van der Waals surface area contributed by atoms with Crippen LogP contribution in [0.25, 0.3) is 55.0 Å². The van der Waals surface area contributed by atoms with Gasteiger partial charge in [0.15, 0.2) is 0 Å². The van der Waals surface area contributed by atoms with Gasteiger partial charge in [-0.05, 0) is 77.9 Å². The van der Waals surface area contributed by atoms with Crippen molar-refractivity contribution in [2.45, 2.75) is 128 Å². The lowest BCUT2D eigenvalue weighted by molar-refractivity contribution is 0.303. The second-order valence-electron chi connectivity index (χ2n) is 16.6. The topological polar surface area (TPSA) is 44.7 Å². The molecular formula is C54H62O4. The van der Waals surface area contributed by atoms with E-state index in [1.807, 2.05) is 0 Å². The largest absolute Gasteiger partial charge is 0.494 e. The van der Waals surface area contributed by atoms with Crippen LogP contribution in [0.5, 0.6) is 11.5 Å². The van der Waals surface area contributed by atoms with Crippen molar-refractivity contribution in [2.75, 3.05) is 13.2 Å². The molecule has 302 valence electrons. The van der Waals surface area contributed by atoms with Crippen LogP contribution in [0.2, 0.25) is 0 Å². The zero-order valence-electron chi connectivity index (χ0n) is 34.6. The number of aryl methyl sites for hydroxylation is 2. The molecule has 0 N–H and O–H groups in total. The van der Waals surface area contributed by atoms with Crippen molar-refractivity contribution in [3.8, 4) is 33.8 Å². The Balaban J connectivity index is 0.947. The predicted octanol–water partition coefficient (Wildman–Crippen LogP) is 16.2. The van der Waals surface area contributed by atoms with E-state index in [-0.39, 0.29) is 0 Å². The number of hydrogen-bond donors (Lipinski definition) is 0. The Morgan fingerprint density at radius 1 is 0.328 bits per heavy atom. The van der Waals surface area contributed by atoms with Gasteiger partial charge in [0.25, 0.3) is 0 Å². The van der Waals surface area contributed by atoms with E-state index in [1.165, 1.54) is 134 Å². The first-order chi connectivity index (χ1) is 28.8. The Bertz CT molecular complexity index is 2160. The molecule has 2 aliphatic heterocycles. The third-order valence-corrected chi connectivity index (χ3v) is 12.2. The fourth-order valence-electron chi connectivity index (χ4n) is 9.00. The summed E-state index contributed by atoms with van der Waals surface area (Å²) in [6, 6.07) is 39.1. The average Bonchev–Trinajstić information content (AvgIpc) is 3.80. The summed E-state index contributed by atoms with van der Waals surface area (Å²) in [4.78, 5) is 0. The lowest BCUT2D eigenvalue weighted by atomic mass is 9.95. The number of benzene rings is 5. The van der Waals surface area contributed by atoms with Gasteiger partial charge in [0.05, 0.1) is 13.2 Å². The van der Waals surface area contributed by atoms with Gasteiger partial charge in [-0.15, -0.1) is 0 Å². The molecule has 0 saturated heterocycles. The van der Waals surface area contributed by atoms with E-state index in [4.69, 9.17) is 18.3 Å². The van der Waals surface area contributed by atoms with Crippen LogP contribution in [0.1, 0.15) is 127 Å². The molecule has 9 bridgehead atoms. The standard InChI is InChI=1S/C54H62O4/c1-3-7-11-21-29-49-53(42-25-17-15-18-26-42)47-39-48-52(40-51(47)57-49)58-50(54(48)43-27-19-16-20-28-43)30-22-12-8-4-2-6-10-14-24-36-56-46-34-32-41-31-33-45(37-44(41)38-46)55-35-23-13-9-5-1/h15-20,25-28,31-34,37-40H,1-14,21-24,29-30,35-36H2. The molecule has 7 aromatic rings. The van der Waals surface area contributed by atoms with Crippen molar-refractivity contribution in [3.63, 3.8) is 0 Å². The van der Waals surface area contributed by atoms with Gasteiger partial charge < -0.3 is 18.3 Å². The van der Waals surface area contributed by atoms with Crippen LogP contribution in [0.3, 0.4) is 0 Å². The van der Waals surface area contributed by atoms with Crippen LogP contribution >= 0.6 is 0 Å². The van der Waals surface area contributed by atoms with E-state index in [0.717, 1.165) is 85.9 Å². The van der Waals surface area contributed by atoms with Crippen molar-refractivity contribution in [1.82, 2.24) is 0 Å². The second-order valence-corrected chi connectivity index (χ2v) is 16.6. The van der Waals surface area contributed by atoms with E-state index < -0.39 is 0 Å². The van der Waals surface area contributed by atoms with Gasteiger partial charge in [-0.25, -0.2) is 0 Å². The highest BCUT2D eigenvalue weighted by Crippen LogP contribution is 2.43. The summed E-state index contributed by atoms with van der Waals surface area (Å²) < 4.78 is 25.8. The smallest absolute Gasteiger partial charge is 0.138 e. The summed E-state index contributed by atoms with van der Waals surface area (Å²) in [7, 11) is 0. The molecule has 2 aliphatic rings. The highest BCUT2D eigenvalue weighted by Gasteiger charge is 2.22. The van der Waals surface area contributed by atoms with E-state index in [1.54, 1.807) is 0 Å². The van der Waals surface area contributed by atoms with Gasteiger partial charge >= 0.3 is 0 Å². The van der Waals surface area contributed by atoms with E-state index >= 15 is 0 Å². The molecular weight excluding hydrogens is 713 g/mol. The van der Waals surface area contributed by atoms with Gasteiger partial charge in [0, 0.05) is 40.8 Å². The lowest BCUT2D eigenvalue weighted by Crippen LogP contribution is -1.98. The SMILES string of the molecule is c1ccc(-c2c3oc4cc5oc(c(-c6ccccc6)c5cc24)CCCCCCCCCCCOc2ccc4ccc(cc4c2)OCCCCCCCCCCC3)cc1. The minimum Gasteiger partial charge on any atom is -0.494 e. The third kappa shape index (κ3) is 10.4. The monoisotopic (exact) mass is 774 g/mol. The molecule has 0 saturated carbocycles. The number of furan rings is 2. The highest BCUT2D eigenvalue weighted by atomic mass is 16.5. The first-order valence-electron chi connectivity index (χ1n) is 22.7. The minimum absolute atomic E-state index is 0.774. The van der Waals surface area contributed by atoms with Crippen LogP contribution in [-0.4, -0.2) is 13.2 Å². The molecule has 58 heavy (non-hydrogen) atoms. The first kappa shape index (κ1) is 39.8. The molecule has 5 aromatic carbocycles. The Hall–Kier alpha value is -4.96. The zero-order chi connectivity index (χ0) is 39.2. The molecule has 0 fully saturated rings. The number of ether oxygens (including phenoxy) is 2. The zero-order valence-corrected chi connectivity index (χ0v) is 34.6. The van der Waals surface area contributed by atoms with E-state index in [9.17, 15) is 0 Å². The molecule has 0 unspecified atom stereocenters. The maximum Gasteiger partial charge on any atom is 0.138 e. The molecule has 0 spiro atoms. The van der Waals surface area contributed by atoms with Crippen molar-refractivity contribution >= 4 is 32.7 Å². The van der Waals surface area contributed by atoms with E-state index in [2.05, 4.69) is 109 Å². The van der Waals surface area contributed by atoms with Crippen molar-refractivity contribution in [2.24, 2.45) is 0 Å². The summed E-state index contributed by atoms with van der Waals surface area (Å²) in [5.74, 6) is 4.11. The maximum absolute atomic E-state index is 6.75. The Kier molecular flexibility index (Phi) is 14.2. The quantitative estimate of drug-likeness (QED) is 0.175. The highest BCUT2D eigenvalue weighted by molar-refractivity contribution is 6.07. The number of hydrogen-bond acceptors (Lipinski definition) is 4. The van der Waals surface area contributed by atoms with Crippen molar-refractivity contribution < 1.29 is 18.3 Å².